The Labute approximate surface area is 144 Å². The van der Waals surface area contributed by atoms with Crippen molar-refractivity contribution in [2.75, 3.05) is 0 Å². The van der Waals surface area contributed by atoms with E-state index < -0.39 is 41.4 Å². The molecule has 0 aliphatic carbocycles. The summed E-state index contributed by atoms with van der Waals surface area (Å²) in [7, 11) is -1.74. The van der Waals surface area contributed by atoms with Gasteiger partial charge in [0.05, 0.1) is 29.5 Å². The number of hydrogen-bond acceptors (Lipinski definition) is 3. The summed E-state index contributed by atoms with van der Waals surface area (Å²) in [6.07, 6.45) is 2.53. The maximum absolute atomic E-state index is 14.7. The fourth-order valence-corrected chi connectivity index (χ4v) is 2.30. The van der Waals surface area contributed by atoms with Crippen LogP contribution < -0.4 is 0 Å². The third-order valence-corrected chi connectivity index (χ3v) is 4.39. The van der Waals surface area contributed by atoms with Crippen LogP contribution in [-0.4, -0.2) is 34.3 Å². The number of terminal acetylenes is 1. The lowest BCUT2D eigenvalue weighted by Crippen LogP contribution is -2.41. The van der Waals surface area contributed by atoms with Crippen molar-refractivity contribution in [2.24, 2.45) is 0 Å². The quantitative estimate of drug-likeness (QED) is 0.467. The zero-order valence-corrected chi connectivity index (χ0v) is 14.4. The molecule has 0 N–H and O–H groups in total. The van der Waals surface area contributed by atoms with Gasteiger partial charge < -0.3 is 9.31 Å². The molecular formula is C16H19BF4N2O2. The van der Waals surface area contributed by atoms with Crippen molar-refractivity contribution in [3.63, 3.8) is 0 Å². The molecule has 0 atom stereocenters. The van der Waals surface area contributed by atoms with Gasteiger partial charge in [0, 0.05) is 18.2 Å². The highest BCUT2D eigenvalue weighted by atomic mass is 19.4. The standard InChI is InChI=1S/C16H19BF4N2O2/c1-6-7-8-23-10-11(9-22-23)12(16(19,20)21)13(18)17-24-14(2,3)15(4,5)25-17/h1,9-10H,7-8H2,2-5H3. The largest absolute Gasteiger partial charge is 0.525 e. The Morgan fingerprint density at radius 3 is 2.32 bits per heavy atom. The van der Waals surface area contributed by atoms with E-state index in [4.69, 9.17) is 15.7 Å². The minimum Gasteiger partial charge on any atom is -0.398 e. The van der Waals surface area contributed by atoms with Crippen LogP contribution in [0.4, 0.5) is 17.6 Å². The van der Waals surface area contributed by atoms with Crippen LogP contribution in [-0.2, 0) is 15.9 Å². The number of halogens is 4. The number of rotatable bonds is 4. The summed E-state index contributed by atoms with van der Waals surface area (Å²) in [5.74, 6) is 2.36. The monoisotopic (exact) mass is 358 g/mol. The number of hydrogen-bond donors (Lipinski definition) is 0. The van der Waals surface area contributed by atoms with Gasteiger partial charge in [0.15, 0.2) is 0 Å². The average Bonchev–Trinajstić information content (AvgIpc) is 2.98. The Kier molecular flexibility index (Phi) is 5.08. The molecule has 1 aromatic heterocycles. The van der Waals surface area contributed by atoms with E-state index in [0.29, 0.717) is 6.42 Å². The molecule has 2 rings (SSSR count). The van der Waals surface area contributed by atoms with Gasteiger partial charge in [-0.15, -0.1) is 12.3 Å². The van der Waals surface area contributed by atoms with Crippen LogP contribution in [0.25, 0.3) is 5.57 Å². The minimum absolute atomic E-state index is 0.236. The van der Waals surface area contributed by atoms with Crippen molar-refractivity contribution in [1.29, 1.82) is 0 Å². The second-order valence-electron chi connectivity index (χ2n) is 6.76. The maximum atomic E-state index is 14.7. The van der Waals surface area contributed by atoms with Crippen molar-refractivity contribution in [1.82, 2.24) is 9.78 Å². The van der Waals surface area contributed by atoms with E-state index in [0.717, 1.165) is 12.4 Å². The molecule has 2 heterocycles. The van der Waals surface area contributed by atoms with Crippen LogP contribution in [0.3, 0.4) is 0 Å². The van der Waals surface area contributed by atoms with Crippen LogP contribution in [0.1, 0.15) is 39.7 Å². The SMILES string of the molecule is C#CCCn1cc(C(=C(F)B2OC(C)(C)C(C)(C)O2)C(F)(F)F)cn1. The molecule has 0 spiro atoms. The van der Waals surface area contributed by atoms with Gasteiger partial charge in [0.1, 0.15) is 5.73 Å². The molecule has 0 amide bonds. The number of alkyl halides is 3. The fourth-order valence-electron chi connectivity index (χ4n) is 2.30. The van der Waals surface area contributed by atoms with Crippen LogP contribution >= 0.6 is 0 Å². The van der Waals surface area contributed by atoms with Crippen LogP contribution in [0.5, 0.6) is 0 Å². The van der Waals surface area contributed by atoms with Crippen molar-refractivity contribution < 1.29 is 26.9 Å². The lowest BCUT2D eigenvalue weighted by Gasteiger charge is -2.32. The second-order valence-corrected chi connectivity index (χ2v) is 6.76. The number of nitrogens with zero attached hydrogens (tertiary/aromatic N) is 2. The van der Waals surface area contributed by atoms with E-state index in [1.807, 2.05) is 0 Å². The molecular weight excluding hydrogens is 339 g/mol. The molecule has 25 heavy (non-hydrogen) atoms. The molecule has 0 unspecified atom stereocenters. The van der Waals surface area contributed by atoms with E-state index >= 15 is 0 Å². The average molecular weight is 358 g/mol. The summed E-state index contributed by atoms with van der Waals surface area (Å²) in [5, 5.41) is 3.79. The Bertz CT molecular complexity index is 700. The minimum atomic E-state index is -4.94. The molecule has 1 saturated heterocycles. The first-order valence-electron chi connectivity index (χ1n) is 7.68. The molecule has 136 valence electrons. The molecule has 1 aliphatic rings. The third-order valence-electron chi connectivity index (χ3n) is 4.39. The maximum Gasteiger partial charge on any atom is 0.525 e. The number of aromatic nitrogens is 2. The fraction of sp³-hybridized carbons (Fsp3) is 0.562. The van der Waals surface area contributed by atoms with Gasteiger partial charge >= 0.3 is 13.3 Å². The number of aryl methyl sites for hydroxylation is 1. The van der Waals surface area contributed by atoms with Gasteiger partial charge in [-0.2, -0.15) is 18.3 Å². The van der Waals surface area contributed by atoms with E-state index in [1.54, 1.807) is 27.7 Å². The molecule has 0 bridgehead atoms. The summed E-state index contributed by atoms with van der Waals surface area (Å²) < 4.78 is 67.2. The smallest absolute Gasteiger partial charge is 0.398 e. The Balaban J connectivity index is 2.42. The normalized spacial score (nSPS) is 20.4. The molecule has 0 radical (unpaired) electrons. The highest BCUT2D eigenvalue weighted by Gasteiger charge is 2.55. The number of allylic oxidation sites excluding steroid dienone is 1. The van der Waals surface area contributed by atoms with Gasteiger partial charge in [-0.25, -0.2) is 4.39 Å². The van der Waals surface area contributed by atoms with Crippen LogP contribution in [0.15, 0.2) is 18.1 Å². The van der Waals surface area contributed by atoms with Crippen molar-refractivity contribution in [3.8, 4) is 12.3 Å². The van der Waals surface area contributed by atoms with Crippen molar-refractivity contribution in [2.45, 2.75) is 58.0 Å². The predicted molar refractivity (Wildman–Crippen MR) is 85.8 cm³/mol. The first kappa shape index (κ1) is 19.5. The first-order chi connectivity index (χ1) is 11.4. The van der Waals surface area contributed by atoms with Crippen molar-refractivity contribution in [3.05, 3.63) is 23.7 Å². The Hall–Kier alpha value is -1.79. The zero-order valence-electron chi connectivity index (χ0n) is 14.4. The highest BCUT2D eigenvalue weighted by molar-refractivity contribution is 6.55. The van der Waals surface area contributed by atoms with Gasteiger partial charge in [0.2, 0.25) is 0 Å². The lowest BCUT2D eigenvalue weighted by molar-refractivity contribution is -0.0699. The molecule has 0 aromatic carbocycles. The molecule has 9 heteroatoms. The van der Waals surface area contributed by atoms with Crippen LogP contribution in [0.2, 0.25) is 0 Å². The third kappa shape index (κ3) is 3.91. The first-order valence-corrected chi connectivity index (χ1v) is 7.68. The van der Waals surface area contributed by atoms with E-state index in [-0.39, 0.29) is 6.54 Å². The molecule has 0 saturated carbocycles. The summed E-state index contributed by atoms with van der Waals surface area (Å²) >= 11 is 0. The summed E-state index contributed by atoms with van der Waals surface area (Å²) in [5.41, 5.74) is -5.30. The summed E-state index contributed by atoms with van der Waals surface area (Å²) in [6, 6.07) is 0. The lowest BCUT2D eigenvalue weighted by atomic mass is 9.83. The summed E-state index contributed by atoms with van der Waals surface area (Å²) in [6.45, 7) is 6.76. The van der Waals surface area contributed by atoms with Gasteiger partial charge in [-0.1, -0.05) is 0 Å². The van der Waals surface area contributed by atoms with Crippen molar-refractivity contribution >= 4 is 12.7 Å². The summed E-state index contributed by atoms with van der Waals surface area (Å²) in [4.78, 5) is 0. The predicted octanol–water partition coefficient (Wildman–Crippen LogP) is 3.78. The van der Waals surface area contributed by atoms with Gasteiger partial charge in [-0.05, 0) is 27.7 Å². The Morgan fingerprint density at radius 2 is 1.84 bits per heavy atom. The second kappa shape index (κ2) is 6.50. The van der Waals surface area contributed by atoms with E-state index in [9.17, 15) is 17.6 Å². The topological polar surface area (TPSA) is 36.3 Å². The molecule has 1 aliphatic heterocycles. The van der Waals surface area contributed by atoms with E-state index in [1.165, 1.54) is 4.68 Å². The molecule has 1 aromatic rings. The van der Waals surface area contributed by atoms with Gasteiger partial charge in [-0.3, -0.25) is 4.68 Å². The van der Waals surface area contributed by atoms with Crippen LogP contribution in [0, 0.1) is 12.3 Å². The molecule has 1 fully saturated rings. The molecule has 4 nitrogen and oxygen atoms in total. The highest BCUT2D eigenvalue weighted by Crippen LogP contribution is 2.43. The Morgan fingerprint density at radius 1 is 1.28 bits per heavy atom. The zero-order chi connectivity index (χ0) is 19.0. The van der Waals surface area contributed by atoms with Gasteiger partial charge in [0.25, 0.3) is 0 Å². The van der Waals surface area contributed by atoms with E-state index in [2.05, 4.69) is 11.0 Å².